The maximum absolute atomic E-state index is 13.9. The van der Waals surface area contributed by atoms with Crippen molar-refractivity contribution in [1.82, 2.24) is 10.2 Å². The molecule has 1 aliphatic rings. The molecule has 2 aromatic carbocycles. The van der Waals surface area contributed by atoms with Crippen molar-refractivity contribution in [2.45, 2.75) is 18.9 Å². The van der Waals surface area contributed by atoms with Crippen molar-refractivity contribution in [3.8, 4) is 11.5 Å². The van der Waals surface area contributed by atoms with Gasteiger partial charge < -0.3 is 25.4 Å². The summed E-state index contributed by atoms with van der Waals surface area (Å²) in [5, 5.41) is 2.93. The molecule has 1 fully saturated rings. The lowest BCUT2D eigenvalue weighted by atomic mass is 10.0. The van der Waals surface area contributed by atoms with Crippen LogP contribution in [0.25, 0.3) is 6.08 Å². The van der Waals surface area contributed by atoms with Crippen molar-refractivity contribution in [3.63, 3.8) is 0 Å². The maximum atomic E-state index is 13.9. The van der Waals surface area contributed by atoms with Gasteiger partial charge in [0.15, 0.2) is 18.1 Å². The molecule has 0 atom stereocenters. The Morgan fingerprint density at radius 1 is 1.15 bits per heavy atom. The lowest BCUT2D eigenvalue weighted by Crippen LogP contribution is -2.46. The number of hydrogen-bond acceptors (Lipinski definition) is 5. The van der Waals surface area contributed by atoms with E-state index in [1.165, 1.54) is 25.3 Å². The number of halogens is 1. The number of carbonyl (C=O) groups is 3. The van der Waals surface area contributed by atoms with Crippen molar-refractivity contribution >= 4 is 23.8 Å². The SMILES string of the molecule is COc1cc(C=CC(=O)NC2CCN(C(=O)c3ccccc3F)CC2)ccc1OCC(N)=O. The first-order valence-electron chi connectivity index (χ1n) is 10.5. The van der Waals surface area contributed by atoms with Gasteiger partial charge in [-0.25, -0.2) is 4.39 Å². The number of nitrogens with two attached hydrogens (primary N) is 1. The second-order valence-electron chi connectivity index (χ2n) is 7.55. The van der Waals surface area contributed by atoms with Gasteiger partial charge in [0.25, 0.3) is 11.8 Å². The molecule has 1 heterocycles. The summed E-state index contributed by atoms with van der Waals surface area (Å²) in [4.78, 5) is 37.3. The van der Waals surface area contributed by atoms with E-state index in [9.17, 15) is 18.8 Å². The number of amides is 3. The Balaban J connectivity index is 1.51. The molecule has 1 saturated heterocycles. The molecule has 0 aromatic heterocycles. The number of likely N-dealkylation sites (tertiary alicyclic amines) is 1. The Hall–Kier alpha value is -3.88. The van der Waals surface area contributed by atoms with Gasteiger partial charge in [0.2, 0.25) is 5.91 Å². The van der Waals surface area contributed by atoms with Crippen LogP contribution in [0.5, 0.6) is 11.5 Å². The Morgan fingerprint density at radius 3 is 2.55 bits per heavy atom. The van der Waals surface area contributed by atoms with Crippen molar-refractivity contribution < 1.29 is 28.2 Å². The normalized spacial score (nSPS) is 14.2. The zero-order valence-corrected chi connectivity index (χ0v) is 18.3. The lowest BCUT2D eigenvalue weighted by molar-refractivity contribution is -0.120. The van der Waals surface area contributed by atoms with Gasteiger partial charge in [-0.1, -0.05) is 18.2 Å². The average Bonchev–Trinajstić information content (AvgIpc) is 2.82. The third kappa shape index (κ3) is 6.55. The van der Waals surface area contributed by atoms with Crippen LogP contribution in [-0.4, -0.2) is 55.5 Å². The Bertz CT molecular complexity index is 1050. The monoisotopic (exact) mass is 455 g/mol. The van der Waals surface area contributed by atoms with Gasteiger partial charge in [-0.05, 0) is 48.7 Å². The van der Waals surface area contributed by atoms with Crippen LogP contribution >= 0.6 is 0 Å². The fourth-order valence-electron chi connectivity index (χ4n) is 3.51. The summed E-state index contributed by atoms with van der Waals surface area (Å²) in [5.41, 5.74) is 5.85. The second kappa shape index (κ2) is 11.1. The molecule has 0 aliphatic carbocycles. The van der Waals surface area contributed by atoms with Gasteiger partial charge in [0.1, 0.15) is 5.82 Å². The van der Waals surface area contributed by atoms with E-state index in [0.717, 1.165) is 0 Å². The number of nitrogens with one attached hydrogen (secondary N) is 1. The van der Waals surface area contributed by atoms with E-state index in [2.05, 4.69) is 5.32 Å². The highest BCUT2D eigenvalue weighted by atomic mass is 19.1. The highest BCUT2D eigenvalue weighted by Crippen LogP contribution is 2.28. The molecule has 0 saturated carbocycles. The van der Waals surface area contributed by atoms with E-state index in [-0.39, 0.29) is 30.0 Å². The smallest absolute Gasteiger partial charge is 0.256 e. The van der Waals surface area contributed by atoms with E-state index >= 15 is 0 Å². The summed E-state index contributed by atoms with van der Waals surface area (Å²) in [5.74, 6) is -0.954. The maximum Gasteiger partial charge on any atom is 0.256 e. The first-order valence-corrected chi connectivity index (χ1v) is 10.5. The van der Waals surface area contributed by atoms with Crippen molar-refractivity contribution in [2.75, 3.05) is 26.8 Å². The van der Waals surface area contributed by atoms with Gasteiger partial charge >= 0.3 is 0 Å². The van der Waals surface area contributed by atoms with E-state index in [1.807, 2.05) is 0 Å². The number of hydrogen-bond donors (Lipinski definition) is 2. The van der Waals surface area contributed by atoms with Gasteiger partial charge in [-0.3, -0.25) is 14.4 Å². The molecule has 3 N–H and O–H groups in total. The summed E-state index contributed by atoms with van der Waals surface area (Å²) in [7, 11) is 1.47. The number of piperidine rings is 1. The van der Waals surface area contributed by atoms with Gasteiger partial charge in [0.05, 0.1) is 12.7 Å². The Morgan fingerprint density at radius 2 is 1.88 bits per heavy atom. The number of rotatable bonds is 8. The first kappa shape index (κ1) is 23.8. The van der Waals surface area contributed by atoms with E-state index in [1.54, 1.807) is 41.3 Å². The minimum absolute atomic E-state index is 0.0596. The summed E-state index contributed by atoms with van der Waals surface area (Å²) >= 11 is 0. The third-order valence-electron chi connectivity index (χ3n) is 5.22. The molecule has 0 spiro atoms. The molecule has 8 nitrogen and oxygen atoms in total. The third-order valence-corrected chi connectivity index (χ3v) is 5.22. The van der Waals surface area contributed by atoms with Crippen molar-refractivity contribution in [3.05, 3.63) is 65.5 Å². The second-order valence-corrected chi connectivity index (χ2v) is 7.55. The molecule has 0 radical (unpaired) electrons. The molecule has 0 bridgehead atoms. The van der Waals surface area contributed by atoms with Gasteiger partial charge in [-0.15, -0.1) is 0 Å². The van der Waals surface area contributed by atoms with Crippen molar-refractivity contribution in [2.24, 2.45) is 5.73 Å². The highest BCUT2D eigenvalue weighted by molar-refractivity contribution is 5.94. The van der Waals surface area contributed by atoms with Crippen LogP contribution < -0.4 is 20.5 Å². The molecule has 0 unspecified atom stereocenters. The molecule has 174 valence electrons. The molecule has 1 aliphatic heterocycles. The summed E-state index contributed by atoms with van der Waals surface area (Å²) in [6.07, 6.45) is 4.21. The minimum atomic E-state index is -0.597. The zero-order valence-electron chi connectivity index (χ0n) is 18.3. The van der Waals surface area contributed by atoms with Crippen LogP contribution in [0.3, 0.4) is 0 Å². The Labute approximate surface area is 191 Å². The first-order chi connectivity index (χ1) is 15.9. The topological polar surface area (TPSA) is 111 Å². The summed E-state index contributed by atoms with van der Waals surface area (Å²) in [6, 6.07) is 10.9. The van der Waals surface area contributed by atoms with Crippen LogP contribution in [0.1, 0.15) is 28.8 Å². The van der Waals surface area contributed by atoms with Gasteiger partial charge in [-0.2, -0.15) is 0 Å². The van der Waals surface area contributed by atoms with E-state index in [4.69, 9.17) is 15.2 Å². The number of ether oxygens (including phenoxy) is 2. The summed E-state index contributed by atoms with van der Waals surface area (Å²) < 4.78 is 24.4. The standard InChI is InChI=1S/C24H26FN3O5/c1-32-21-14-16(6-8-20(21)33-15-22(26)29)7-9-23(30)27-17-10-12-28(13-11-17)24(31)18-4-2-3-5-19(18)25/h2-9,14,17H,10-13,15H2,1H3,(H2,26,29)(H,27,30). The molecule has 33 heavy (non-hydrogen) atoms. The van der Waals surface area contributed by atoms with Gasteiger partial charge in [0, 0.05) is 25.2 Å². The lowest BCUT2D eigenvalue weighted by Gasteiger charge is -2.32. The number of carbonyl (C=O) groups excluding carboxylic acids is 3. The van der Waals surface area contributed by atoms with Crippen LogP contribution in [0.4, 0.5) is 4.39 Å². The Kier molecular flexibility index (Phi) is 8.01. The fourth-order valence-corrected chi connectivity index (χ4v) is 3.51. The predicted molar refractivity (Wildman–Crippen MR) is 120 cm³/mol. The quantitative estimate of drug-likeness (QED) is 0.593. The van der Waals surface area contributed by atoms with E-state index in [0.29, 0.717) is 43.0 Å². The van der Waals surface area contributed by atoms with Crippen LogP contribution in [0, 0.1) is 5.82 Å². The largest absolute Gasteiger partial charge is 0.493 e. The number of primary amides is 1. The molecular weight excluding hydrogens is 429 g/mol. The molecule has 3 amide bonds. The molecule has 9 heteroatoms. The number of nitrogens with zero attached hydrogens (tertiary/aromatic N) is 1. The molecular formula is C24H26FN3O5. The minimum Gasteiger partial charge on any atom is -0.493 e. The van der Waals surface area contributed by atoms with Crippen molar-refractivity contribution in [1.29, 1.82) is 0 Å². The van der Waals surface area contributed by atoms with Crippen LogP contribution in [-0.2, 0) is 9.59 Å². The molecule has 2 aromatic rings. The number of methoxy groups -OCH3 is 1. The van der Waals surface area contributed by atoms with Crippen LogP contribution in [0.2, 0.25) is 0 Å². The average molecular weight is 455 g/mol. The fraction of sp³-hybridized carbons (Fsp3) is 0.292. The van der Waals surface area contributed by atoms with Crippen LogP contribution in [0.15, 0.2) is 48.5 Å². The summed E-state index contributed by atoms with van der Waals surface area (Å²) in [6.45, 7) is 0.607. The zero-order chi connectivity index (χ0) is 23.8. The van der Waals surface area contributed by atoms with E-state index < -0.39 is 11.7 Å². The molecule has 3 rings (SSSR count). The number of benzene rings is 2. The highest BCUT2D eigenvalue weighted by Gasteiger charge is 2.25. The predicted octanol–water partition coefficient (Wildman–Crippen LogP) is 2.13.